The number of anilines is 1. The van der Waals surface area contributed by atoms with Gasteiger partial charge in [-0.2, -0.15) is 0 Å². The summed E-state index contributed by atoms with van der Waals surface area (Å²) in [6.45, 7) is 8.54. The number of benzene rings is 1. The first-order valence-corrected chi connectivity index (χ1v) is 10.5. The molecule has 6 nitrogen and oxygen atoms in total. The Labute approximate surface area is 167 Å². The van der Waals surface area contributed by atoms with Crippen LogP contribution >= 0.6 is 0 Å². The van der Waals surface area contributed by atoms with Gasteiger partial charge in [-0.15, -0.1) is 0 Å². The number of carbonyl (C=O) groups excluding carboxylic acids is 2. The summed E-state index contributed by atoms with van der Waals surface area (Å²) in [6.07, 6.45) is 3.48. The highest BCUT2D eigenvalue weighted by atomic mass is 16.5. The molecule has 1 aromatic rings. The summed E-state index contributed by atoms with van der Waals surface area (Å²) in [4.78, 5) is 30.1. The van der Waals surface area contributed by atoms with E-state index in [2.05, 4.69) is 42.3 Å². The molecule has 0 radical (unpaired) electrons. The summed E-state index contributed by atoms with van der Waals surface area (Å²) in [5.74, 6) is -0.0945. The summed E-state index contributed by atoms with van der Waals surface area (Å²) in [6, 6.07) is 6.37. The zero-order valence-corrected chi connectivity index (χ0v) is 17.0. The Morgan fingerprint density at radius 3 is 2.57 bits per heavy atom. The van der Waals surface area contributed by atoms with Gasteiger partial charge in [0.05, 0.1) is 6.10 Å². The Morgan fingerprint density at radius 1 is 1.18 bits per heavy atom. The first-order chi connectivity index (χ1) is 13.5. The molecule has 2 heterocycles. The number of carbonyl (C=O) groups is 2. The van der Waals surface area contributed by atoms with E-state index in [0.717, 1.165) is 32.5 Å². The van der Waals surface area contributed by atoms with Crippen LogP contribution in [0.2, 0.25) is 0 Å². The maximum atomic E-state index is 13.1. The van der Waals surface area contributed by atoms with E-state index in [4.69, 9.17) is 4.74 Å². The van der Waals surface area contributed by atoms with E-state index < -0.39 is 5.41 Å². The second kappa shape index (κ2) is 7.74. The SMILES string of the molecule is Cc1cccc(N2CCN(C(=O)C3(C(=O)NCC4CCCO4)CC3)CC2)c1C. The van der Waals surface area contributed by atoms with Gasteiger partial charge in [0.25, 0.3) is 0 Å². The van der Waals surface area contributed by atoms with E-state index in [0.29, 0.717) is 32.5 Å². The van der Waals surface area contributed by atoms with Crippen LogP contribution in [0.3, 0.4) is 0 Å². The van der Waals surface area contributed by atoms with Crippen LogP contribution < -0.4 is 10.2 Å². The van der Waals surface area contributed by atoms with Gasteiger partial charge in [-0.3, -0.25) is 9.59 Å². The lowest BCUT2D eigenvalue weighted by Crippen LogP contribution is -2.53. The van der Waals surface area contributed by atoms with Crippen LogP contribution in [-0.2, 0) is 14.3 Å². The quantitative estimate of drug-likeness (QED) is 0.788. The lowest BCUT2D eigenvalue weighted by Gasteiger charge is -2.38. The van der Waals surface area contributed by atoms with Gasteiger partial charge in [0.15, 0.2) is 0 Å². The van der Waals surface area contributed by atoms with Gasteiger partial charge in [-0.05, 0) is 56.7 Å². The Kier molecular flexibility index (Phi) is 5.32. The standard InChI is InChI=1S/C22H31N3O3/c1-16-5-3-7-19(17(16)2)24-10-12-25(13-11-24)21(27)22(8-9-22)20(26)23-15-18-6-4-14-28-18/h3,5,7,18H,4,6,8-15H2,1-2H3,(H,23,26). The molecule has 0 aromatic heterocycles. The summed E-state index contributed by atoms with van der Waals surface area (Å²) >= 11 is 0. The van der Waals surface area contributed by atoms with Crippen molar-refractivity contribution in [1.82, 2.24) is 10.2 Å². The summed E-state index contributed by atoms with van der Waals surface area (Å²) in [5.41, 5.74) is 3.02. The third-order valence-corrected chi connectivity index (χ3v) is 6.59. The van der Waals surface area contributed by atoms with Crippen LogP contribution in [0.1, 0.15) is 36.8 Å². The molecule has 1 unspecified atom stereocenters. The lowest BCUT2D eigenvalue weighted by atomic mass is 10.0. The summed E-state index contributed by atoms with van der Waals surface area (Å²) < 4.78 is 5.57. The number of ether oxygens (including phenoxy) is 1. The number of aryl methyl sites for hydroxylation is 1. The molecule has 1 atom stereocenters. The van der Waals surface area contributed by atoms with Crippen molar-refractivity contribution in [3.8, 4) is 0 Å². The highest BCUT2D eigenvalue weighted by Gasteiger charge is 2.58. The van der Waals surface area contributed by atoms with Crippen molar-refractivity contribution in [3.05, 3.63) is 29.3 Å². The third-order valence-electron chi connectivity index (χ3n) is 6.59. The van der Waals surface area contributed by atoms with Crippen LogP contribution in [0.15, 0.2) is 18.2 Å². The number of hydrogen-bond acceptors (Lipinski definition) is 4. The summed E-state index contributed by atoms with van der Waals surface area (Å²) in [7, 11) is 0. The second-order valence-corrected chi connectivity index (χ2v) is 8.43. The molecule has 28 heavy (non-hydrogen) atoms. The van der Waals surface area contributed by atoms with Crippen LogP contribution in [0.4, 0.5) is 5.69 Å². The molecule has 152 valence electrons. The minimum atomic E-state index is -0.819. The van der Waals surface area contributed by atoms with Crippen molar-refractivity contribution in [1.29, 1.82) is 0 Å². The minimum absolute atomic E-state index is 0.0120. The lowest BCUT2D eigenvalue weighted by molar-refractivity contribution is -0.144. The molecule has 4 rings (SSSR count). The Balaban J connectivity index is 1.33. The molecule has 2 saturated heterocycles. The van der Waals surface area contributed by atoms with Gasteiger partial charge in [-0.1, -0.05) is 12.1 Å². The number of piperazine rings is 1. The Morgan fingerprint density at radius 2 is 1.93 bits per heavy atom. The van der Waals surface area contributed by atoms with Crippen LogP contribution in [0.5, 0.6) is 0 Å². The van der Waals surface area contributed by atoms with Crippen LogP contribution in [0, 0.1) is 19.3 Å². The molecule has 2 aliphatic heterocycles. The molecule has 6 heteroatoms. The van der Waals surface area contributed by atoms with Crippen molar-refractivity contribution in [2.24, 2.45) is 5.41 Å². The predicted octanol–water partition coefficient (Wildman–Crippen LogP) is 2.03. The van der Waals surface area contributed by atoms with Gasteiger partial charge >= 0.3 is 0 Å². The van der Waals surface area contributed by atoms with Crippen LogP contribution in [0.25, 0.3) is 0 Å². The normalized spacial score (nSPS) is 23.6. The average molecular weight is 386 g/mol. The largest absolute Gasteiger partial charge is 0.376 e. The average Bonchev–Trinajstić information content (AvgIpc) is 3.36. The van der Waals surface area contributed by atoms with Gasteiger partial charge in [0.1, 0.15) is 5.41 Å². The molecule has 1 aromatic carbocycles. The van der Waals surface area contributed by atoms with Crippen LogP contribution in [-0.4, -0.2) is 62.1 Å². The van der Waals surface area contributed by atoms with Crippen molar-refractivity contribution in [2.75, 3.05) is 44.2 Å². The van der Waals surface area contributed by atoms with E-state index in [9.17, 15) is 9.59 Å². The zero-order chi connectivity index (χ0) is 19.7. The van der Waals surface area contributed by atoms with Crippen molar-refractivity contribution >= 4 is 17.5 Å². The zero-order valence-electron chi connectivity index (χ0n) is 17.0. The van der Waals surface area contributed by atoms with Crippen molar-refractivity contribution in [2.45, 2.75) is 45.6 Å². The first-order valence-electron chi connectivity index (χ1n) is 10.5. The Bertz CT molecular complexity index is 745. The molecule has 2 amide bonds. The van der Waals surface area contributed by atoms with E-state index >= 15 is 0 Å². The highest BCUT2D eigenvalue weighted by Crippen LogP contribution is 2.47. The maximum Gasteiger partial charge on any atom is 0.238 e. The molecule has 0 bridgehead atoms. The second-order valence-electron chi connectivity index (χ2n) is 8.43. The smallest absolute Gasteiger partial charge is 0.238 e. The van der Waals surface area contributed by atoms with E-state index in [-0.39, 0.29) is 17.9 Å². The maximum absolute atomic E-state index is 13.1. The summed E-state index contributed by atoms with van der Waals surface area (Å²) in [5, 5.41) is 2.97. The fourth-order valence-electron chi connectivity index (χ4n) is 4.38. The molecular weight excluding hydrogens is 354 g/mol. The van der Waals surface area contributed by atoms with Gasteiger partial charge in [0.2, 0.25) is 11.8 Å². The van der Waals surface area contributed by atoms with Gasteiger partial charge < -0.3 is 19.9 Å². The molecule has 1 N–H and O–H groups in total. The first kappa shape index (κ1) is 19.2. The monoisotopic (exact) mass is 385 g/mol. The third kappa shape index (κ3) is 3.62. The number of nitrogens with zero attached hydrogens (tertiary/aromatic N) is 2. The topological polar surface area (TPSA) is 61.9 Å². The number of rotatable bonds is 5. The molecule has 3 aliphatic rings. The highest BCUT2D eigenvalue weighted by molar-refractivity contribution is 6.07. The van der Waals surface area contributed by atoms with E-state index in [1.807, 2.05) is 4.90 Å². The van der Waals surface area contributed by atoms with Gasteiger partial charge in [0, 0.05) is 45.0 Å². The van der Waals surface area contributed by atoms with E-state index in [1.54, 1.807) is 0 Å². The number of nitrogens with one attached hydrogen (secondary N) is 1. The molecule has 1 saturated carbocycles. The minimum Gasteiger partial charge on any atom is -0.376 e. The Hall–Kier alpha value is -2.08. The fraction of sp³-hybridized carbons (Fsp3) is 0.636. The van der Waals surface area contributed by atoms with Crippen molar-refractivity contribution < 1.29 is 14.3 Å². The van der Waals surface area contributed by atoms with Crippen molar-refractivity contribution in [3.63, 3.8) is 0 Å². The number of hydrogen-bond donors (Lipinski definition) is 1. The molecule has 0 spiro atoms. The predicted molar refractivity (Wildman–Crippen MR) is 108 cm³/mol. The van der Waals surface area contributed by atoms with E-state index in [1.165, 1.54) is 16.8 Å². The number of amides is 2. The van der Waals surface area contributed by atoms with Gasteiger partial charge in [-0.25, -0.2) is 0 Å². The molecule has 3 fully saturated rings. The fourth-order valence-corrected chi connectivity index (χ4v) is 4.38. The molecule has 1 aliphatic carbocycles. The molecular formula is C22H31N3O3.